The third-order valence-corrected chi connectivity index (χ3v) is 6.48. The van der Waals surface area contributed by atoms with Crippen LogP contribution < -0.4 is 5.32 Å². The number of hydrogen-bond donors (Lipinski definition) is 1. The third-order valence-electron chi connectivity index (χ3n) is 6.48. The number of hydrogen-bond acceptors (Lipinski definition) is 2. The lowest BCUT2D eigenvalue weighted by Crippen LogP contribution is -2.48. The topological polar surface area (TPSA) is 15.3 Å². The van der Waals surface area contributed by atoms with Crippen LogP contribution in [0.2, 0.25) is 0 Å². The van der Waals surface area contributed by atoms with Crippen LogP contribution in [0.25, 0.3) is 0 Å². The SMILES string of the molecule is CCNC1CCC(N2CCC3(CCCCC3)CC2)CC1. The minimum atomic E-state index is 0.774. The molecule has 1 N–H and O–H groups in total. The second-order valence-electron chi connectivity index (χ2n) is 7.66. The zero-order valence-corrected chi connectivity index (χ0v) is 13.5. The van der Waals surface area contributed by atoms with Gasteiger partial charge in [-0.2, -0.15) is 0 Å². The van der Waals surface area contributed by atoms with Crippen LogP contribution in [-0.4, -0.2) is 36.6 Å². The summed E-state index contributed by atoms with van der Waals surface area (Å²) >= 11 is 0. The fourth-order valence-corrected chi connectivity index (χ4v) is 5.10. The predicted octanol–water partition coefficient (Wildman–Crippen LogP) is 3.95. The van der Waals surface area contributed by atoms with Crippen LogP contribution in [-0.2, 0) is 0 Å². The summed E-state index contributed by atoms with van der Waals surface area (Å²) in [6, 6.07) is 1.72. The molecule has 1 heterocycles. The molecule has 116 valence electrons. The van der Waals surface area contributed by atoms with E-state index in [1.807, 2.05) is 0 Å². The van der Waals surface area contributed by atoms with E-state index in [1.54, 1.807) is 0 Å². The zero-order chi connectivity index (χ0) is 13.8. The first-order valence-corrected chi connectivity index (χ1v) is 9.29. The lowest BCUT2D eigenvalue weighted by molar-refractivity contribution is 0.0327. The smallest absolute Gasteiger partial charge is 0.00964 e. The van der Waals surface area contributed by atoms with E-state index in [1.165, 1.54) is 83.7 Å². The molecule has 2 nitrogen and oxygen atoms in total. The summed E-state index contributed by atoms with van der Waals surface area (Å²) in [6.07, 6.45) is 16.3. The molecule has 3 fully saturated rings. The quantitative estimate of drug-likeness (QED) is 0.841. The summed E-state index contributed by atoms with van der Waals surface area (Å²) in [6.45, 7) is 6.18. The van der Waals surface area contributed by atoms with Crippen molar-refractivity contribution in [3.05, 3.63) is 0 Å². The van der Waals surface area contributed by atoms with Gasteiger partial charge in [-0.25, -0.2) is 0 Å². The Labute approximate surface area is 125 Å². The molecule has 0 unspecified atom stereocenters. The Kier molecular flexibility index (Phi) is 5.04. The summed E-state index contributed by atoms with van der Waals surface area (Å²) in [5.41, 5.74) is 0.774. The van der Waals surface area contributed by atoms with Gasteiger partial charge in [0, 0.05) is 12.1 Å². The van der Waals surface area contributed by atoms with Crippen molar-refractivity contribution in [2.24, 2.45) is 5.41 Å². The Bertz CT molecular complexity index is 278. The van der Waals surface area contributed by atoms with Crippen LogP contribution >= 0.6 is 0 Å². The summed E-state index contributed by atoms with van der Waals surface area (Å²) in [5, 5.41) is 3.64. The van der Waals surface area contributed by atoms with Crippen molar-refractivity contribution in [1.29, 1.82) is 0 Å². The van der Waals surface area contributed by atoms with Crippen LogP contribution in [0.5, 0.6) is 0 Å². The first-order chi connectivity index (χ1) is 9.81. The van der Waals surface area contributed by atoms with Crippen molar-refractivity contribution >= 4 is 0 Å². The monoisotopic (exact) mass is 278 g/mol. The number of likely N-dealkylation sites (tertiary alicyclic amines) is 1. The van der Waals surface area contributed by atoms with Crippen molar-refractivity contribution in [3.63, 3.8) is 0 Å². The molecule has 1 aliphatic heterocycles. The molecule has 2 heteroatoms. The zero-order valence-electron chi connectivity index (χ0n) is 13.5. The molecule has 0 amide bonds. The standard InChI is InChI=1S/C18H34N2/c1-2-19-16-6-8-17(9-7-16)20-14-12-18(13-15-20)10-4-3-5-11-18/h16-17,19H,2-15H2,1H3. The molecular weight excluding hydrogens is 244 g/mol. The fourth-order valence-electron chi connectivity index (χ4n) is 5.10. The normalized spacial score (nSPS) is 35.2. The minimum absolute atomic E-state index is 0.774. The highest BCUT2D eigenvalue weighted by Crippen LogP contribution is 2.45. The van der Waals surface area contributed by atoms with E-state index in [0.717, 1.165) is 24.0 Å². The summed E-state index contributed by atoms with van der Waals surface area (Å²) in [4.78, 5) is 2.85. The summed E-state index contributed by atoms with van der Waals surface area (Å²) in [5.74, 6) is 0. The van der Waals surface area contributed by atoms with Crippen molar-refractivity contribution in [3.8, 4) is 0 Å². The van der Waals surface area contributed by atoms with Gasteiger partial charge in [-0.15, -0.1) is 0 Å². The maximum absolute atomic E-state index is 3.64. The molecule has 1 spiro atoms. The summed E-state index contributed by atoms with van der Waals surface area (Å²) < 4.78 is 0. The highest BCUT2D eigenvalue weighted by molar-refractivity contribution is 4.91. The second-order valence-corrected chi connectivity index (χ2v) is 7.66. The predicted molar refractivity (Wildman–Crippen MR) is 86.0 cm³/mol. The molecule has 3 rings (SSSR count). The van der Waals surface area contributed by atoms with Gasteiger partial charge in [-0.1, -0.05) is 26.2 Å². The molecule has 2 aliphatic carbocycles. The largest absolute Gasteiger partial charge is 0.314 e. The average molecular weight is 278 g/mol. The van der Waals surface area contributed by atoms with Crippen molar-refractivity contribution in [2.75, 3.05) is 19.6 Å². The van der Waals surface area contributed by atoms with Gasteiger partial charge in [-0.05, 0) is 76.4 Å². The van der Waals surface area contributed by atoms with E-state index < -0.39 is 0 Å². The number of piperidine rings is 1. The molecule has 3 aliphatic rings. The van der Waals surface area contributed by atoms with E-state index in [4.69, 9.17) is 0 Å². The number of rotatable bonds is 3. The van der Waals surface area contributed by atoms with Gasteiger partial charge < -0.3 is 10.2 Å². The maximum atomic E-state index is 3.64. The van der Waals surface area contributed by atoms with Gasteiger partial charge in [0.15, 0.2) is 0 Å². The number of nitrogens with zero attached hydrogens (tertiary/aromatic N) is 1. The van der Waals surface area contributed by atoms with Crippen molar-refractivity contribution in [2.45, 2.75) is 89.6 Å². The molecule has 20 heavy (non-hydrogen) atoms. The Hall–Kier alpha value is -0.0800. The van der Waals surface area contributed by atoms with E-state index in [0.29, 0.717) is 0 Å². The van der Waals surface area contributed by atoms with Crippen molar-refractivity contribution < 1.29 is 0 Å². The van der Waals surface area contributed by atoms with Crippen LogP contribution in [0.1, 0.15) is 77.6 Å². The van der Waals surface area contributed by atoms with Crippen LogP contribution in [0.3, 0.4) is 0 Å². The summed E-state index contributed by atoms with van der Waals surface area (Å²) in [7, 11) is 0. The highest BCUT2D eigenvalue weighted by Gasteiger charge is 2.37. The highest BCUT2D eigenvalue weighted by atomic mass is 15.2. The van der Waals surface area contributed by atoms with Crippen LogP contribution in [0.15, 0.2) is 0 Å². The molecule has 0 atom stereocenters. The van der Waals surface area contributed by atoms with E-state index >= 15 is 0 Å². The Morgan fingerprint density at radius 1 is 0.900 bits per heavy atom. The first kappa shape index (κ1) is 14.8. The molecule has 0 radical (unpaired) electrons. The van der Waals surface area contributed by atoms with Gasteiger partial charge in [0.1, 0.15) is 0 Å². The number of nitrogens with one attached hydrogen (secondary N) is 1. The van der Waals surface area contributed by atoms with E-state index in [2.05, 4.69) is 17.1 Å². The van der Waals surface area contributed by atoms with Crippen LogP contribution in [0.4, 0.5) is 0 Å². The molecule has 0 aromatic heterocycles. The molecule has 0 aromatic rings. The third kappa shape index (κ3) is 3.39. The van der Waals surface area contributed by atoms with Gasteiger partial charge in [0.2, 0.25) is 0 Å². The molecule has 1 saturated heterocycles. The van der Waals surface area contributed by atoms with Crippen LogP contribution in [0, 0.1) is 5.41 Å². The molecule has 0 bridgehead atoms. The fraction of sp³-hybridized carbons (Fsp3) is 1.00. The maximum Gasteiger partial charge on any atom is 0.00964 e. The lowest BCUT2D eigenvalue weighted by atomic mass is 9.68. The molecule has 2 saturated carbocycles. The molecular formula is C18H34N2. The Morgan fingerprint density at radius 2 is 1.55 bits per heavy atom. The van der Waals surface area contributed by atoms with Gasteiger partial charge in [0.25, 0.3) is 0 Å². The minimum Gasteiger partial charge on any atom is -0.314 e. The average Bonchev–Trinajstić information content (AvgIpc) is 2.50. The van der Waals surface area contributed by atoms with E-state index in [9.17, 15) is 0 Å². The van der Waals surface area contributed by atoms with Gasteiger partial charge in [0.05, 0.1) is 0 Å². The first-order valence-electron chi connectivity index (χ1n) is 9.29. The Morgan fingerprint density at radius 3 is 2.15 bits per heavy atom. The van der Waals surface area contributed by atoms with Gasteiger partial charge in [-0.3, -0.25) is 0 Å². The second kappa shape index (κ2) is 6.79. The van der Waals surface area contributed by atoms with Crippen molar-refractivity contribution in [1.82, 2.24) is 10.2 Å². The lowest BCUT2D eigenvalue weighted by Gasteiger charge is -2.47. The Balaban J connectivity index is 1.44. The van der Waals surface area contributed by atoms with E-state index in [-0.39, 0.29) is 0 Å². The van der Waals surface area contributed by atoms with Gasteiger partial charge >= 0.3 is 0 Å². The molecule has 0 aromatic carbocycles.